The number of sulfonamides is 1. The number of carbonyl (C=O) groups is 1. The molecule has 5 nitrogen and oxygen atoms in total. The van der Waals surface area contributed by atoms with E-state index in [0.717, 1.165) is 0 Å². The lowest BCUT2D eigenvalue weighted by Gasteiger charge is -2.31. The maximum atomic E-state index is 11.9. The molecule has 1 heterocycles. The first-order valence-electron chi connectivity index (χ1n) is 5.46. The van der Waals surface area contributed by atoms with Crippen molar-refractivity contribution in [3.63, 3.8) is 0 Å². The van der Waals surface area contributed by atoms with E-state index >= 15 is 0 Å². The SMILES string of the molecule is COC(=O)C1CCCN(S(=O)(=O)C(C)C)C1. The van der Waals surface area contributed by atoms with Crippen molar-refractivity contribution in [1.82, 2.24) is 4.31 Å². The van der Waals surface area contributed by atoms with Gasteiger partial charge in [0, 0.05) is 13.1 Å². The van der Waals surface area contributed by atoms with Gasteiger partial charge in [-0.2, -0.15) is 0 Å². The summed E-state index contributed by atoms with van der Waals surface area (Å²) < 4.78 is 29.9. The Morgan fingerprint density at radius 3 is 2.56 bits per heavy atom. The molecule has 0 amide bonds. The minimum atomic E-state index is -3.25. The van der Waals surface area contributed by atoms with Crippen molar-refractivity contribution in [2.75, 3.05) is 20.2 Å². The van der Waals surface area contributed by atoms with E-state index in [1.54, 1.807) is 13.8 Å². The molecule has 0 aromatic rings. The molecule has 0 radical (unpaired) electrons. The first kappa shape index (κ1) is 13.4. The Morgan fingerprint density at radius 2 is 2.06 bits per heavy atom. The first-order valence-corrected chi connectivity index (χ1v) is 6.96. The third-order valence-corrected chi connectivity index (χ3v) is 5.12. The van der Waals surface area contributed by atoms with Gasteiger partial charge in [0.25, 0.3) is 0 Å². The van der Waals surface area contributed by atoms with Crippen LogP contribution in [0, 0.1) is 5.92 Å². The van der Waals surface area contributed by atoms with Crippen molar-refractivity contribution in [2.45, 2.75) is 31.9 Å². The molecule has 0 spiro atoms. The van der Waals surface area contributed by atoms with Crippen molar-refractivity contribution < 1.29 is 17.9 Å². The monoisotopic (exact) mass is 249 g/mol. The number of methoxy groups -OCH3 is 1. The smallest absolute Gasteiger partial charge is 0.309 e. The average molecular weight is 249 g/mol. The summed E-state index contributed by atoms with van der Waals surface area (Å²) in [7, 11) is -1.92. The molecule has 1 atom stereocenters. The molecule has 0 aromatic heterocycles. The highest BCUT2D eigenvalue weighted by atomic mass is 32.2. The van der Waals surface area contributed by atoms with Gasteiger partial charge in [-0.1, -0.05) is 0 Å². The lowest BCUT2D eigenvalue weighted by molar-refractivity contribution is -0.146. The molecule has 0 aliphatic carbocycles. The van der Waals surface area contributed by atoms with E-state index in [1.165, 1.54) is 11.4 Å². The predicted octanol–water partition coefficient (Wildman–Crippen LogP) is 0.610. The van der Waals surface area contributed by atoms with E-state index in [2.05, 4.69) is 4.74 Å². The minimum Gasteiger partial charge on any atom is -0.469 e. The number of esters is 1. The number of nitrogens with zero attached hydrogens (tertiary/aromatic N) is 1. The van der Waals surface area contributed by atoms with Gasteiger partial charge in [0.15, 0.2) is 0 Å². The van der Waals surface area contributed by atoms with Gasteiger partial charge in [-0.05, 0) is 26.7 Å². The van der Waals surface area contributed by atoms with Gasteiger partial charge in [-0.15, -0.1) is 0 Å². The molecule has 0 bridgehead atoms. The zero-order valence-electron chi connectivity index (χ0n) is 9.97. The highest BCUT2D eigenvalue weighted by Crippen LogP contribution is 2.22. The number of ether oxygens (including phenoxy) is 1. The van der Waals surface area contributed by atoms with Crippen LogP contribution in [0.2, 0.25) is 0 Å². The summed E-state index contributed by atoms with van der Waals surface area (Å²) in [5.74, 6) is -0.629. The summed E-state index contributed by atoms with van der Waals surface area (Å²) in [5, 5.41) is -0.441. The first-order chi connectivity index (χ1) is 7.39. The molecule has 1 unspecified atom stereocenters. The summed E-state index contributed by atoms with van der Waals surface area (Å²) in [6.45, 7) is 4.06. The van der Waals surface area contributed by atoms with Crippen LogP contribution in [0.15, 0.2) is 0 Å². The Kier molecular flexibility index (Phi) is 4.32. The molecule has 94 valence electrons. The summed E-state index contributed by atoms with van der Waals surface area (Å²) in [4.78, 5) is 11.4. The standard InChI is InChI=1S/C10H19NO4S/c1-8(2)16(13,14)11-6-4-5-9(7-11)10(12)15-3/h8-9H,4-7H2,1-3H3. The maximum absolute atomic E-state index is 11.9. The van der Waals surface area contributed by atoms with E-state index in [4.69, 9.17) is 0 Å². The second kappa shape index (κ2) is 5.14. The second-order valence-corrected chi connectivity index (χ2v) is 6.80. The fraction of sp³-hybridized carbons (Fsp3) is 0.900. The van der Waals surface area contributed by atoms with Crippen LogP contribution >= 0.6 is 0 Å². The Morgan fingerprint density at radius 1 is 1.44 bits per heavy atom. The van der Waals surface area contributed by atoms with Crippen molar-refractivity contribution in [2.24, 2.45) is 5.92 Å². The van der Waals surface area contributed by atoms with Crippen molar-refractivity contribution in [3.8, 4) is 0 Å². The normalized spacial score (nSPS) is 23.4. The third-order valence-electron chi connectivity index (χ3n) is 2.87. The van der Waals surface area contributed by atoms with Crippen LogP contribution in [0.1, 0.15) is 26.7 Å². The van der Waals surface area contributed by atoms with Crippen LogP contribution < -0.4 is 0 Å². The van der Waals surface area contributed by atoms with Crippen LogP contribution in [-0.4, -0.2) is 44.1 Å². The van der Waals surface area contributed by atoms with Crippen LogP contribution in [0.25, 0.3) is 0 Å². The van der Waals surface area contributed by atoms with Crippen LogP contribution in [0.4, 0.5) is 0 Å². The second-order valence-electron chi connectivity index (χ2n) is 4.31. The summed E-state index contributed by atoms with van der Waals surface area (Å²) in [6.07, 6.45) is 1.42. The Hall–Kier alpha value is -0.620. The maximum Gasteiger partial charge on any atom is 0.309 e. The van der Waals surface area contributed by atoms with E-state index in [9.17, 15) is 13.2 Å². The Bertz CT molecular complexity index is 350. The average Bonchev–Trinajstić information content (AvgIpc) is 2.28. The van der Waals surface area contributed by atoms with E-state index < -0.39 is 15.3 Å². The third kappa shape index (κ3) is 2.74. The topological polar surface area (TPSA) is 63.7 Å². The van der Waals surface area contributed by atoms with Crippen molar-refractivity contribution >= 4 is 16.0 Å². The van der Waals surface area contributed by atoms with E-state index in [0.29, 0.717) is 19.4 Å². The molecule has 1 saturated heterocycles. The van der Waals surface area contributed by atoms with Gasteiger partial charge in [0.2, 0.25) is 10.0 Å². The molecule has 16 heavy (non-hydrogen) atoms. The van der Waals surface area contributed by atoms with Crippen molar-refractivity contribution in [1.29, 1.82) is 0 Å². The van der Waals surface area contributed by atoms with E-state index in [-0.39, 0.29) is 18.4 Å². The molecular formula is C10H19NO4S. The molecule has 1 aliphatic heterocycles. The highest BCUT2D eigenvalue weighted by Gasteiger charge is 2.34. The Balaban J connectivity index is 2.75. The number of piperidine rings is 1. The lowest BCUT2D eigenvalue weighted by Crippen LogP contribution is -2.45. The molecule has 0 saturated carbocycles. The predicted molar refractivity (Wildman–Crippen MR) is 60.4 cm³/mol. The van der Waals surface area contributed by atoms with Gasteiger partial charge in [-0.3, -0.25) is 4.79 Å². The number of carbonyl (C=O) groups excluding carboxylic acids is 1. The zero-order chi connectivity index (χ0) is 12.3. The van der Waals surface area contributed by atoms with Crippen LogP contribution in [0.5, 0.6) is 0 Å². The van der Waals surface area contributed by atoms with E-state index in [1.807, 2.05) is 0 Å². The molecule has 1 rings (SSSR count). The molecule has 1 aliphatic rings. The van der Waals surface area contributed by atoms with Gasteiger partial charge in [0.05, 0.1) is 18.3 Å². The number of hydrogen-bond donors (Lipinski definition) is 0. The summed E-state index contributed by atoms with van der Waals surface area (Å²) >= 11 is 0. The van der Waals surface area contributed by atoms with Gasteiger partial charge in [-0.25, -0.2) is 12.7 Å². The fourth-order valence-corrected chi connectivity index (χ4v) is 3.20. The van der Waals surface area contributed by atoms with Crippen LogP contribution in [0.3, 0.4) is 0 Å². The zero-order valence-corrected chi connectivity index (χ0v) is 10.8. The summed E-state index contributed by atoms with van der Waals surface area (Å²) in [5.41, 5.74) is 0. The van der Waals surface area contributed by atoms with Crippen LogP contribution in [-0.2, 0) is 19.6 Å². The molecule has 6 heteroatoms. The lowest BCUT2D eigenvalue weighted by atomic mass is 10.0. The molecule has 0 aromatic carbocycles. The number of hydrogen-bond acceptors (Lipinski definition) is 4. The highest BCUT2D eigenvalue weighted by molar-refractivity contribution is 7.89. The quantitative estimate of drug-likeness (QED) is 0.687. The molecular weight excluding hydrogens is 230 g/mol. The molecule has 1 fully saturated rings. The van der Waals surface area contributed by atoms with Crippen molar-refractivity contribution in [3.05, 3.63) is 0 Å². The van der Waals surface area contributed by atoms with Gasteiger partial charge < -0.3 is 4.74 Å². The fourth-order valence-electron chi connectivity index (χ4n) is 1.83. The summed E-state index contributed by atoms with van der Waals surface area (Å²) in [6, 6.07) is 0. The van der Waals surface area contributed by atoms with Gasteiger partial charge >= 0.3 is 5.97 Å². The Labute approximate surface area is 96.8 Å². The number of rotatable bonds is 3. The van der Waals surface area contributed by atoms with Gasteiger partial charge in [0.1, 0.15) is 0 Å². The minimum absolute atomic E-state index is 0.257. The largest absolute Gasteiger partial charge is 0.469 e. The molecule has 0 N–H and O–H groups in total.